The van der Waals surface area contributed by atoms with Gasteiger partial charge in [0.2, 0.25) is 0 Å². The zero-order valence-electron chi connectivity index (χ0n) is 10.5. The first-order valence-electron chi connectivity index (χ1n) is 6.07. The highest BCUT2D eigenvalue weighted by Gasteiger charge is 2.30. The first-order chi connectivity index (χ1) is 9.49. The van der Waals surface area contributed by atoms with Crippen LogP contribution in [-0.2, 0) is 12.5 Å². The van der Waals surface area contributed by atoms with Crippen molar-refractivity contribution >= 4 is 11.6 Å². The van der Waals surface area contributed by atoms with E-state index in [9.17, 15) is 13.2 Å². The van der Waals surface area contributed by atoms with Gasteiger partial charge in [-0.2, -0.15) is 8.78 Å². The highest BCUT2D eigenvalue weighted by atomic mass is 35.5. The molecule has 5 heteroatoms. The van der Waals surface area contributed by atoms with E-state index >= 15 is 0 Å². The van der Waals surface area contributed by atoms with Gasteiger partial charge in [0.15, 0.2) is 0 Å². The lowest BCUT2D eigenvalue weighted by Crippen LogP contribution is -2.30. The minimum Gasteiger partial charge on any atom is -0.307 e. The van der Waals surface area contributed by atoms with Crippen molar-refractivity contribution < 1.29 is 13.2 Å². The second-order valence-corrected chi connectivity index (χ2v) is 4.83. The molecular formula is C15H13ClF3N. The van der Waals surface area contributed by atoms with E-state index in [1.807, 2.05) is 0 Å². The third-order valence-corrected chi connectivity index (χ3v) is 3.15. The van der Waals surface area contributed by atoms with E-state index in [0.717, 1.165) is 0 Å². The van der Waals surface area contributed by atoms with Crippen LogP contribution >= 0.6 is 11.6 Å². The van der Waals surface area contributed by atoms with Crippen molar-refractivity contribution in [3.8, 4) is 0 Å². The van der Waals surface area contributed by atoms with E-state index in [4.69, 9.17) is 11.6 Å². The van der Waals surface area contributed by atoms with Gasteiger partial charge in [-0.05, 0) is 17.7 Å². The molecular weight excluding hydrogens is 287 g/mol. The molecule has 0 aliphatic rings. The topological polar surface area (TPSA) is 12.0 Å². The fourth-order valence-corrected chi connectivity index (χ4v) is 2.00. The maximum absolute atomic E-state index is 13.9. The summed E-state index contributed by atoms with van der Waals surface area (Å²) in [6.07, 6.45) is 0. The summed E-state index contributed by atoms with van der Waals surface area (Å²) in [6.45, 7) is -0.297. The summed E-state index contributed by atoms with van der Waals surface area (Å²) in [5.74, 6) is -3.48. The molecule has 106 valence electrons. The number of benzene rings is 2. The van der Waals surface area contributed by atoms with Crippen LogP contribution in [0.25, 0.3) is 0 Å². The minimum absolute atomic E-state index is 0.0147. The Hall–Kier alpha value is -1.52. The van der Waals surface area contributed by atoms with Crippen LogP contribution in [0.1, 0.15) is 11.1 Å². The van der Waals surface area contributed by atoms with E-state index in [-0.39, 0.29) is 17.1 Å². The second kappa shape index (κ2) is 6.29. The number of alkyl halides is 2. The van der Waals surface area contributed by atoms with Crippen molar-refractivity contribution in [1.82, 2.24) is 5.32 Å². The summed E-state index contributed by atoms with van der Waals surface area (Å²) in [6, 6.07) is 11.8. The minimum atomic E-state index is -2.95. The molecule has 20 heavy (non-hydrogen) atoms. The molecule has 0 fully saturated rings. The third-order valence-electron chi connectivity index (χ3n) is 2.86. The van der Waals surface area contributed by atoms with Crippen LogP contribution in [0.5, 0.6) is 0 Å². The molecule has 0 aliphatic heterocycles. The fourth-order valence-electron chi connectivity index (χ4n) is 1.80. The van der Waals surface area contributed by atoms with E-state index in [1.54, 1.807) is 18.2 Å². The standard InChI is InChI=1S/C15H13ClF3N/c16-13-8-11(6-7-14(13)17)9-20-10-15(18,19)12-4-2-1-3-5-12/h1-8,20H,9-10H2. The third kappa shape index (κ3) is 3.74. The summed E-state index contributed by atoms with van der Waals surface area (Å²) < 4.78 is 40.7. The molecule has 1 N–H and O–H groups in total. The van der Waals surface area contributed by atoms with Gasteiger partial charge in [0.25, 0.3) is 5.92 Å². The molecule has 0 saturated carbocycles. The molecule has 0 atom stereocenters. The Balaban J connectivity index is 1.93. The van der Waals surface area contributed by atoms with E-state index in [1.165, 1.54) is 30.3 Å². The first-order valence-corrected chi connectivity index (χ1v) is 6.45. The zero-order valence-corrected chi connectivity index (χ0v) is 11.3. The smallest absolute Gasteiger partial charge is 0.285 e. The molecule has 0 radical (unpaired) electrons. The van der Waals surface area contributed by atoms with E-state index in [0.29, 0.717) is 5.56 Å². The van der Waals surface area contributed by atoms with Gasteiger partial charge in [-0.3, -0.25) is 0 Å². The molecule has 0 aliphatic carbocycles. The van der Waals surface area contributed by atoms with Crippen molar-refractivity contribution in [3.05, 3.63) is 70.5 Å². The maximum Gasteiger partial charge on any atom is 0.285 e. The molecule has 0 amide bonds. The molecule has 1 nitrogen and oxygen atoms in total. The van der Waals surface area contributed by atoms with Crippen LogP contribution in [0.4, 0.5) is 13.2 Å². The van der Waals surface area contributed by atoms with Crippen LogP contribution < -0.4 is 5.32 Å². The number of nitrogens with one attached hydrogen (secondary N) is 1. The Morgan fingerprint density at radius 1 is 1.05 bits per heavy atom. The number of halogens is 4. The van der Waals surface area contributed by atoms with Gasteiger partial charge in [-0.15, -0.1) is 0 Å². The Labute approximate surface area is 120 Å². The number of hydrogen-bond donors (Lipinski definition) is 1. The van der Waals surface area contributed by atoms with Crippen molar-refractivity contribution in [3.63, 3.8) is 0 Å². The van der Waals surface area contributed by atoms with Crippen molar-refractivity contribution in [2.45, 2.75) is 12.5 Å². The second-order valence-electron chi connectivity index (χ2n) is 4.42. The lowest BCUT2D eigenvalue weighted by molar-refractivity contribution is -0.00343. The molecule has 2 aromatic carbocycles. The molecule has 0 aromatic heterocycles. The highest BCUT2D eigenvalue weighted by molar-refractivity contribution is 6.30. The maximum atomic E-state index is 13.9. The largest absolute Gasteiger partial charge is 0.307 e. The Morgan fingerprint density at radius 3 is 2.40 bits per heavy atom. The summed E-state index contributed by atoms with van der Waals surface area (Å²) in [4.78, 5) is 0. The molecule has 0 saturated heterocycles. The normalized spacial score (nSPS) is 11.6. The van der Waals surface area contributed by atoms with Gasteiger partial charge >= 0.3 is 0 Å². The van der Waals surface area contributed by atoms with Crippen molar-refractivity contribution in [2.75, 3.05) is 6.54 Å². The quantitative estimate of drug-likeness (QED) is 0.865. The molecule has 0 unspecified atom stereocenters. The lowest BCUT2D eigenvalue weighted by Gasteiger charge is -2.17. The predicted octanol–water partition coefficient (Wildman–Crippen LogP) is 4.36. The predicted molar refractivity (Wildman–Crippen MR) is 73.5 cm³/mol. The SMILES string of the molecule is Fc1ccc(CNCC(F)(F)c2ccccc2)cc1Cl. The Bertz CT molecular complexity index is 573. The van der Waals surface area contributed by atoms with Crippen LogP contribution in [0.2, 0.25) is 5.02 Å². The zero-order chi connectivity index (χ0) is 14.6. The molecule has 2 aromatic rings. The van der Waals surface area contributed by atoms with Gasteiger partial charge in [-0.1, -0.05) is 48.0 Å². The fraction of sp³-hybridized carbons (Fsp3) is 0.200. The van der Waals surface area contributed by atoms with Crippen LogP contribution in [-0.4, -0.2) is 6.54 Å². The van der Waals surface area contributed by atoms with Gasteiger partial charge in [0, 0.05) is 12.1 Å². The molecule has 0 bridgehead atoms. The average molecular weight is 300 g/mol. The molecule has 2 rings (SSSR count). The van der Waals surface area contributed by atoms with Crippen molar-refractivity contribution in [2.24, 2.45) is 0 Å². The Morgan fingerprint density at radius 2 is 1.75 bits per heavy atom. The average Bonchev–Trinajstić information content (AvgIpc) is 2.44. The monoisotopic (exact) mass is 299 g/mol. The van der Waals surface area contributed by atoms with Gasteiger partial charge in [0.05, 0.1) is 11.6 Å². The lowest BCUT2D eigenvalue weighted by atomic mass is 10.1. The summed E-state index contributed by atoms with van der Waals surface area (Å²) in [7, 11) is 0. The number of rotatable bonds is 5. The van der Waals surface area contributed by atoms with Crippen LogP contribution in [0.3, 0.4) is 0 Å². The van der Waals surface area contributed by atoms with E-state index < -0.39 is 18.3 Å². The van der Waals surface area contributed by atoms with Gasteiger partial charge in [-0.25, -0.2) is 4.39 Å². The first kappa shape index (κ1) is 14.9. The molecule has 0 spiro atoms. The van der Waals surface area contributed by atoms with E-state index in [2.05, 4.69) is 5.32 Å². The summed E-state index contributed by atoms with van der Waals surface area (Å²) >= 11 is 5.63. The van der Waals surface area contributed by atoms with Crippen molar-refractivity contribution in [1.29, 1.82) is 0 Å². The number of hydrogen-bond acceptors (Lipinski definition) is 1. The van der Waals surface area contributed by atoms with Gasteiger partial charge < -0.3 is 5.32 Å². The summed E-state index contributed by atoms with van der Waals surface area (Å²) in [5.41, 5.74) is 0.616. The van der Waals surface area contributed by atoms with Crippen LogP contribution in [0, 0.1) is 5.82 Å². The Kier molecular flexibility index (Phi) is 4.68. The molecule has 0 heterocycles. The highest BCUT2D eigenvalue weighted by Crippen LogP contribution is 2.26. The summed E-state index contributed by atoms with van der Waals surface area (Å²) in [5, 5.41) is 2.64. The van der Waals surface area contributed by atoms with Gasteiger partial charge in [0.1, 0.15) is 5.82 Å². The van der Waals surface area contributed by atoms with Crippen LogP contribution in [0.15, 0.2) is 48.5 Å².